The van der Waals surface area contributed by atoms with Crippen LogP contribution >= 0.6 is 0 Å². The monoisotopic (exact) mass is 383 g/mol. The predicted molar refractivity (Wildman–Crippen MR) is 108 cm³/mol. The third kappa shape index (κ3) is 3.65. The molecule has 1 saturated heterocycles. The van der Waals surface area contributed by atoms with E-state index in [9.17, 15) is 14.7 Å². The predicted octanol–water partition coefficient (Wildman–Crippen LogP) is 2.94. The summed E-state index contributed by atoms with van der Waals surface area (Å²) in [5.41, 5.74) is 1.79. The number of hydrogen-bond acceptors (Lipinski definition) is 4. The van der Waals surface area contributed by atoms with E-state index in [-0.39, 0.29) is 23.3 Å². The number of hydrogen-bond donors (Lipinski definition) is 3. The smallest absolute Gasteiger partial charge is 0.264 e. The maximum absolute atomic E-state index is 12.7. The molecule has 2 heterocycles. The molecule has 0 bridgehead atoms. The number of aliphatic hydroxyl groups is 1. The van der Waals surface area contributed by atoms with Crippen molar-refractivity contribution in [2.75, 3.05) is 25.0 Å². The van der Waals surface area contributed by atoms with Crippen molar-refractivity contribution in [3.8, 4) is 0 Å². The van der Waals surface area contributed by atoms with Gasteiger partial charge in [0.1, 0.15) is 11.3 Å². The van der Waals surface area contributed by atoms with Crippen molar-refractivity contribution in [1.29, 1.82) is 0 Å². The molecular formula is C22H29N3O3. The molecule has 1 aliphatic carbocycles. The number of carbonyl (C=O) groups excluding carboxylic acids is 2. The van der Waals surface area contributed by atoms with E-state index in [0.29, 0.717) is 24.7 Å². The number of amides is 2. The fourth-order valence-corrected chi connectivity index (χ4v) is 4.80. The van der Waals surface area contributed by atoms with E-state index < -0.39 is 11.8 Å². The molecule has 0 radical (unpaired) electrons. The van der Waals surface area contributed by atoms with E-state index in [1.165, 1.54) is 37.7 Å². The molecule has 3 aliphatic rings. The second-order valence-electron chi connectivity index (χ2n) is 8.21. The summed E-state index contributed by atoms with van der Waals surface area (Å²) < 4.78 is 0. The van der Waals surface area contributed by atoms with Gasteiger partial charge in [-0.05, 0) is 43.0 Å². The highest BCUT2D eigenvalue weighted by Crippen LogP contribution is 2.33. The molecule has 2 fully saturated rings. The molecule has 1 aromatic carbocycles. The van der Waals surface area contributed by atoms with Gasteiger partial charge in [0.15, 0.2) is 0 Å². The summed E-state index contributed by atoms with van der Waals surface area (Å²) in [6.45, 7) is 4.25. The Hall–Kier alpha value is -2.34. The molecule has 6 nitrogen and oxygen atoms in total. The van der Waals surface area contributed by atoms with E-state index in [1.54, 1.807) is 0 Å². The van der Waals surface area contributed by atoms with Crippen LogP contribution in [0.5, 0.6) is 0 Å². The molecule has 1 saturated carbocycles. The quantitative estimate of drug-likeness (QED) is 0.698. The van der Waals surface area contributed by atoms with Gasteiger partial charge >= 0.3 is 0 Å². The zero-order chi connectivity index (χ0) is 19.7. The summed E-state index contributed by atoms with van der Waals surface area (Å²) in [4.78, 5) is 27.3. The standard InChI is InChI=1S/C22H29N3O3/c1-2-25-12-17-18(13-25)24-22(28)19(20(17)26)21(27)23-16-10-8-15(9-11-16)14-6-4-3-5-7-14/h8-11,14,17-18,26H,2-7,12-13H2,1H3,(H,23,27)(H,24,28)/t17-,18-/m1/s1. The molecule has 1 aromatic rings. The van der Waals surface area contributed by atoms with Gasteiger partial charge in [0, 0.05) is 18.8 Å². The summed E-state index contributed by atoms with van der Waals surface area (Å²) in [7, 11) is 0. The van der Waals surface area contributed by atoms with Crippen LogP contribution in [0.4, 0.5) is 5.69 Å². The van der Waals surface area contributed by atoms with Crippen molar-refractivity contribution in [1.82, 2.24) is 10.2 Å². The summed E-state index contributed by atoms with van der Waals surface area (Å²) in [5, 5.41) is 16.3. The fourth-order valence-electron chi connectivity index (χ4n) is 4.80. The first-order chi connectivity index (χ1) is 13.6. The Kier molecular flexibility index (Phi) is 5.40. The van der Waals surface area contributed by atoms with Crippen LogP contribution in [-0.2, 0) is 9.59 Å². The van der Waals surface area contributed by atoms with Gasteiger partial charge in [-0.15, -0.1) is 0 Å². The first-order valence-corrected chi connectivity index (χ1v) is 10.4. The SMILES string of the molecule is CCN1C[C@H]2NC(=O)C(C(=O)Nc3ccc(C4CCCCC4)cc3)=C(O)[C@@H]2C1. The van der Waals surface area contributed by atoms with Crippen molar-refractivity contribution < 1.29 is 14.7 Å². The molecule has 150 valence electrons. The fraction of sp³-hybridized carbons (Fsp3) is 0.545. The maximum atomic E-state index is 12.7. The number of benzene rings is 1. The Morgan fingerprint density at radius 2 is 1.89 bits per heavy atom. The van der Waals surface area contributed by atoms with Crippen LogP contribution in [0.15, 0.2) is 35.6 Å². The molecule has 0 spiro atoms. The van der Waals surface area contributed by atoms with Gasteiger partial charge < -0.3 is 20.6 Å². The van der Waals surface area contributed by atoms with Crippen LogP contribution in [0.3, 0.4) is 0 Å². The zero-order valence-corrected chi connectivity index (χ0v) is 16.4. The zero-order valence-electron chi connectivity index (χ0n) is 16.4. The molecule has 3 N–H and O–H groups in total. The Labute approximate surface area is 166 Å². The van der Waals surface area contributed by atoms with E-state index in [4.69, 9.17) is 0 Å². The van der Waals surface area contributed by atoms with E-state index in [0.717, 1.165) is 6.54 Å². The van der Waals surface area contributed by atoms with Crippen LogP contribution in [0, 0.1) is 5.92 Å². The maximum Gasteiger partial charge on any atom is 0.264 e. The number of rotatable bonds is 4. The lowest BCUT2D eigenvalue weighted by atomic mass is 9.84. The Morgan fingerprint density at radius 1 is 1.18 bits per heavy atom. The van der Waals surface area contributed by atoms with Crippen LogP contribution in [0.2, 0.25) is 0 Å². The number of likely N-dealkylation sites (tertiary alicyclic amines) is 1. The third-order valence-electron chi connectivity index (χ3n) is 6.47. The molecule has 0 unspecified atom stereocenters. The topological polar surface area (TPSA) is 81.7 Å². The van der Waals surface area contributed by atoms with Gasteiger partial charge in [0.25, 0.3) is 11.8 Å². The average Bonchev–Trinajstić information content (AvgIpc) is 3.12. The lowest BCUT2D eigenvalue weighted by Gasteiger charge is -2.26. The van der Waals surface area contributed by atoms with Crippen molar-refractivity contribution in [2.45, 2.75) is 51.0 Å². The minimum absolute atomic E-state index is 0.0824. The minimum Gasteiger partial charge on any atom is -0.511 e. The Morgan fingerprint density at radius 3 is 2.57 bits per heavy atom. The van der Waals surface area contributed by atoms with Crippen molar-refractivity contribution in [2.24, 2.45) is 5.92 Å². The molecule has 2 amide bonds. The van der Waals surface area contributed by atoms with Crippen molar-refractivity contribution >= 4 is 17.5 Å². The van der Waals surface area contributed by atoms with Gasteiger partial charge in [-0.2, -0.15) is 0 Å². The molecule has 6 heteroatoms. The third-order valence-corrected chi connectivity index (χ3v) is 6.47. The highest BCUT2D eigenvalue weighted by molar-refractivity contribution is 6.23. The number of fused-ring (bicyclic) bond motifs is 1. The average molecular weight is 383 g/mol. The number of nitrogens with zero attached hydrogens (tertiary/aromatic N) is 1. The van der Waals surface area contributed by atoms with E-state index >= 15 is 0 Å². The molecule has 28 heavy (non-hydrogen) atoms. The number of carbonyl (C=O) groups is 2. The van der Waals surface area contributed by atoms with Gasteiger partial charge in [-0.25, -0.2) is 0 Å². The van der Waals surface area contributed by atoms with Crippen LogP contribution in [0.1, 0.15) is 50.5 Å². The van der Waals surface area contributed by atoms with Crippen molar-refractivity contribution in [3.63, 3.8) is 0 Å². The molecule has 0 aromatic heterocycles. The van der Waals surface area contributed by atoms with Gasteiger partial charge in [-0.3, -0.25) is 9.59 Å². The molecule has 2 aliphatic heterocycles. The Bertz CT molecular complexity index is 781. The van der Waals surface area contributed by atoms with Crippen LogP contribution in [0.25, 0.3) is 0 Å². The number of likely N-dealkylation sites (N-methyl/N-ethyl adjacent to an activating group) is 1. The second kappa shape index (κ2) is 7.95. The van der Waals surface area contributed by atoms with E-state index in [1.807, 2.05) is 19.1 Å². The lowest BCUT2D eigenvalue weighted by molar-refractivity contribution is -0.123. The lowest BCUT2D eigenvalue weighted by Crippen LogP contribution is -2.48. The first-order valence-electron chi connectivity index (χ1n) is 10.4. The first kappa shape index (κ1) is 19.0. The van der Waals surface area contributed by atoms with Crippen molar-refractivity contribution in [3.05, 3.63) is 41.2 Å². The number of anilines is 1. The summed E-state index contributed by atoms with van der Waals surface area (Å²) >= 11 is 0. The Balaban J connectivity index is 1.46. The van der Waals surface area contributed by atoms with Crippen LogP contribution < -0.4 is 10.6 Å². The molecule has 2 atom stereocenters. The van der Waals surface area contributed by atoms with Gasteiger partial charge in [0.05, 0.1) is 12.0 Å². The minimum atomic E-state index is -0.547. The summed E-state index contributed by atoms with van der Waals surface area (Å²) in [6, 6.07) is 7.77. The largest absolute Gasteiger partial charge is 0.511 e. The molecule has 4 rings (SSSR count). The second-order valence-corrected chi connectivity index (χ2v) is 8.21. The van der Waals surface area contributed by atoms with Gasteiger partial charge in [0.2, 0.25) is 0 Å². The highest BCUT2D eigenvalue weighted by atomic mass is 16.3. The number of nitrogens with one attached hydrogen (secondary N) is 2. The van der Waals surface area contributed by atoms with Crippen LogP contribution in [-0.4, -0.2) is 47.5 Å². The van der Waals surface area contributed by atoms with E-state index in [2.05, 4.69) is 27.7 Å². The highest BCUT2D eigenvalue weighted by Gasteiger charge is 2.43. The number of aliphatic hydroxyl groups excluding tert-OH is 1. The normalized spacial score (nSPS) is 26.1. The van der Waals surface area contributed by atoms with Gasteiger partial charge in [-0.1, -0.05) is 38.3 Å². The summed E-state index contributed by atoms with van der Waals surface area (Å²) in [6.07, 6.45) is 6.34. The molecular weight excluding hydrogens is 354 g/mol. The summed E-state index contributed by atoms with van der Waals surface area (Å²) in [5.74, 6) is -0.731.